The molecule has 3 aromatic rings. The van der Waals surface area contributed by atoms with Gasteiger partial charge in [-0.15, -0.1) is 14.8 Å². The summed E-state index contributed by atoms with van der Waals surface area (Å²) in [6.07, 6.45) is 3.10. The molecule has 0 saturated carbocycles. The molecule has 0 aromatic carbocycles. The Morgan fingerprint density at radius 3 is 3.08 bits per heavy atom. The van der Waals surface area contributed by atoms with Gasteiger partial charge in [0.25, 0.3) is 0 Å². The van der Waals surface area contributed by atoms with Gasteiger partial charge in [0.2, 0.25) is 5.65 Å². The lowest BCUT2D eigenvalue weighted by Crippen LogP contribution is -1.99. The molecule has 0 unspecified atom stereocenters. The van der Waals surface area contributed by atoms with Crippen LogP contribution in [0.2, 0.25) is 0 Å². The summed E-state index contributed by atoms with van der Waals surface area (Å²) >= 11 is 0. The van der Waals surface area contributed by atoms with Crippen molar-refractivity contribution in [2.24, 2.45) is 7.05 Å². The predicted molar refractivity (Wildman–Crippen MR) is 42.8 cm³/mol. The molecule has 13 heavy (non-hydrogen) atoms. The maximum atomic E-state index is 4.16. The van der Waals surface area contributed by atoms with Gasteiger partial charge in [-0.05, 0) is 5.21 Å². The molecule has 0 aliphatic carbocycles. The van der Waals surface area contributed by atoms with Gasteiger partial charge in [0.1, 0.15) is 6.33 Å². The van der Waals surface area contributed by atoms with Crippen molar-refractivity contribution in [1.29, 1.82) is 0 Å². The van der Waals surface area contributed by atoms with Crippen molar-refractivity contribution in [2.45, 2.75) is 0 Å². The number of aromatic nitrogens is 7. The highest BCUT2D eigenvalue weighted by Gasteiger charge is 2.08. The first-order valence-corrected chi connectivity index (χ1v) is 3.70. The minimum absolute atomic E-state index is 0.630. The summed E-state index contributed by atoms with van der Waals surface area (Å²) in [4.78, 5) is 8.19. The largest absolute Gasteiger partial charge is 0.317 e. The van der Waals surface area contributed by atoms with Crippen molar-refractivity contribution >= 4 is 16.8 Å². The van der Waals surface area contributed by atoms with Crippen molar-refractivity contribution in [3.63, 3.8) is 0 Å². The summed E-state index contributed by atoms with van der Waals surface area (Å²) in [6, 6.07) is 0. The average molecular weight is 175 g/mol. The van der Waals surface area contributed by atoms with Gasteiger partial charge in [-0.1, -0.05) is 0 Å². The number of aryl methyl sites for hydroxylation is 1. The minimum Gasteiger partial charge on any atom is -0.317 e. The highest BCUT2D eigenvalue weighted by Crippen LogP contribution is 2.10. The van der Waals surface area contributed by atoms with Crippen LogP contribution in [0.4, 0.5) is 0 Å². The van der Waals surface area contributed by atoms with E-state index in [1.807, 2.05) is 7.05 Å². The molecule has 0 aliphatic rings. The van der Waals surface area contributed by atoms with E-state index < -0.39 is 0 Å². The van der Waals surface area contributed by atoms with Crippen LogP contribution >= 0.6 is 0 Å². The summed E-state index contributed by atoms with van der Waals surface area (Å²) in [7, 11) is 1.86. The van der Waals surface area contributed by atoms with Crippen LogP contribution in [-0.4, -0.2) is 34.6 Å². The van der Waals surface area contributed by atoms with E-state index in [1.165, 1.54) is 11.0 Å². The van der Waals surface area contributed by atoms with E-state index in [0.717, 1.165) is 5.52 Å². The van der Waals surface area contributed by atoms with Crippen LogP contribution < -0.4 is 0 Å². The van der Waals surface area contributed by atoms with Crippen LogP contribution in [0.15, 0.2) is 12.7 Å². The minimum atomic E-state index is 0.630. The third-order valence-electron chi connectivity index (χ3n) is 1.87. The Kier molecular flexibility index (Phi) is 0.996. The second-order valence-electron chi connectivity index (χ2n) is 2.69. The van der Waals surface area contributed by atoms with Crippen LogP contribution in [0.1, 0.15) is 0 Å². The van der Waals surface area contributed by atoms with Gasteiger partial charge in [-0.25, -0.2) is 9.97 Å². The molecule has 0 spiro atoms. The van der Waals surface area contributed by atoms with Crippen LogP contribution in [0.3, 0.4) is 0 Å². The number of hydrogen-bond donors (Lipinski definition) is 0. The molecule has 7 heteroatoms. The summed E-state index contributed by atoms with van der Waals surface area (Å²) in [5.41, 5.74) is 2.06. The zero-order valence-electron chi connectivity index (χ0n) is 6.79. The molecule has 0 bridgehead atoms. The Hall–Kier alpha value is -2.05. The van der Waals surface area contributed by atoms with E-state index in [0.29, 0.717) is 11.3 Å². The average Bonchev–Trinajstić information content (AvgIpc) is 2.70. The molecule has 0 saturated heterocycles. The van der Waals surface area contributed by atoms with Gasteiger partial charge in [0.05, 0.1) is 6.33 Å². The standard InChI is InChI=1S/C6H5N7/c1-12-3-8-4-5-7-2-9-13(5)11-10-6(4)12/h2-3H,1H3. The fourth-order valence-corrected chi connectivity index (χ4v) is 1.24. The third kappa shape index (κ3) is 0.701. The fraction of sp³-hybridized carbons (Fsp3) is 0.167. The normalized spacial score (nSPS) is 11.5. The number of fused-ring (bicyclic) bond motifs is 3. The molecule has 0 radical (unpaired) electrons. The van der Waals surface area contributed by atoms with Gasteiger partial charge >= 0.3 is 0 Å². The van der Waals surface area contributed by atoms with Crippen LogP contribution in [0.5, 0.6) is 0 Å². The van der Waals surface area contributed by atoms with E-state index in [-0.39, 0.29) is 0 Å². The first-order valence-electron chi connectivity index (χ1n) is 3.70. The monoisotopic (exact) mass is 175 g/mol. The Morgan fingerprint density at radius 1 is 1.23 bits per heavy atom. The molecule has 3 aromatic heterocycles. The topological polar surface area (TPSA) is 73.8 Å². The van der Waals surface area contributed by atoms with E-state index in [4.69, 9.17) is 0 Å². The molecular formula is C6H5N7. The van der Waals surface area contributed by atoms with Gasteiger partial charge in [0.15, 0.2) is 11.2 Å². The summed E-state index contributed by atoms with van der Waals surface area (Å²) in [5.74, 6) is 0. The molecule has 0 amide bonds. The Balaban J connectivity index is 2.66. The van der Waals surface area contributed by atoms with Crippen molar-refractivity contribution in [1.82, 2.24) is 34.6 Å². The Morgan fingerprint density at radius 2 is 2.15 bits per heavy atom. The van der Waals surface area contributed by atoms with Crippen molar-refractivity contribution < 1.29 is 0 Å². The predicted octanol–water partition coefficient (Wildman–Crippen LogP) is -0.594. The molecular weight excluding hydrogens is 170 g/mol. The second-order valence-corrected chi connectivity index (χ2v) is 2.69. The maximum absolute atomic E-state index is 4.16. The summed E-state index contributed by atoms with van der Waals surface area (Å²) in [5, 5.41) is 11.6. The maximum Gasteiger partial charge on any atom is 0.207 e. The zero-order valence-corrected chi connectivity index (χ0v) is 6.79. The number of nitrogens with zero attached hydrogens (tertiary/aromatic N) is 7. The molecule has 64 valence electrons. The number of imidazole rings is 1. The summed E-state index contributed by atoms with van der Waals surface area (Å²) in [6.45, 7) is 0. The molecule has 0 fully saturated rings. The number of hydrogen-bond acceptors (Lipinski definition) is 5. The lowest BCUT2D eigenvalue weighted by atomic mass is 10.5. The van der Waals surface area contributed by atoms with E-state index in [2.05, 4.69) is 25.4 Å². The van der Waals surface area contributed by atoms with E-state index in [1.54, 1.807) is 10.9 Å². The molecule has 7 nitrogen and oxygen atoms in total. The van der Waals surface area contributed by atoms with E-state index >= 15 is 0 Å². The van der Waals surface area contributed by atoms with Crippen molar-refractivity contribution in [3.05, 3.63) is 12.7 Å². The van der Waals surface area contributed by atoms with Gasteiger partial charge < -0.3 is 4.57 Å². The smallest absolute Gasteiger partial charge is 0.207 e. The molecule has 0 atom stereocenters. The van der Waals surface area contributed by atoms with Crippen molar-refractivity contribution in [3.8, 4) is 0 Å². The van der Waals surface area contributed by atoms with Gasteiger partial charge in [0, 0.05) is 7.05 Å². The van der Waals surface area contributed by atoms with Crippen LogP contribution in [0.25, 0.3) is 16.8 Å². The Labute approximate surface area is 72.0 Å². The van der Waals surface area contributed by atoms with Crippen LogP contribution in [-0.2, 0) is 7.05 Å². The second kappa shape index (κ2) is 2.00. The first kappa shape index (κ1) is 6.46. The Bertz CT molecular complexity index is 577. The highest BCUT2D eigenvalue weighted by molar-refractivity contribution is 5.83. The SMILES string of the molecule is Cn1cnc2c1nnn1ncnc21. The molecule has 3 heterocycles. The van der Waals surface area contributed by atoms with E-state index in [9.17, 15) is 0 Å². The van der Waals surface area contributed by atoms with Crippen LogP contribution in [0, 0.1) is 0 Å². The molecule has 0 aliphatic heterocycles. The van der Waals surface area contributed by atoms with Gasteiger partial charge in [-0.2, -0.15) is 0 Å². The van der Waals surface area contributed by atoms with Gasteiger partial charge in [-0.3, -0.25) is 0 Å². The van der Waals surface area contributed by atoms with Crippen molar-refractivity contribution in [2.75, 3.05) is 0 Å². The molecule has 3 rings (SSSR count). The fourth-order valence-electron chi connectivity index (χ4n) is 1.24. The third-order valence-corrected chi connectivity index (χ3v) is 1.87. The lowest BCUT2D eigenvalue weighted by molar-refractivity contribution is 0.723. The molecule has 0 N–H and O–H groups in total. The first-order chi connectivity index (χ1) is 6.36. The quantitative estimate of drug-likeness (QED) is 0.456. The lowest BCUT2D eigenvalue weighted by Gasteiger charge is -1.91. The zero-order chi connectivity index (χ0) is 8.84. The highest BCUT2D eigenvalue weighted by atomic mass is 15.5. The summed E-state index contributed by atoms with van der Waals surface area (Å²) < 4.78 is 3.15. The number of rotatable bonds is 0.